The molecule has 2 heteroatoms. The summed E-state index contributed by atoms with van der Waals surface area (Å²) >= 11 is 0. The van der Waals surface area contributed by atoms with Gasteiger partial charge in [0, 0.05) is 12.1 Å². The van der Waals surface area contributed by atoms with E-state index in [9.17, 15) is 0 Å². The van der Waals surface area contributed by atoms with Gasteiger partial charge >= 0.3 is 0 Å². The van der Waals surface area contributed by atoms with Gasteiger partial charge in [0.25, 0.3) is 0 Å². The van der Waals surface area contributed by atoms with Gasteiger partial charge in [0.15, 0.2) is 0 Å². The van der Waals surface area contributed by atoms with Crippen molar-refractivity contribution in [2.24, 2.45) is 5.92 Å². The summed E-state index contributed by atoms with van der Waals surface area (Å²) in [5.41, 5.74) is 1.46. The summed E-state index contributed by atoms with van der Waals surface area (Å²) in [5.74, 6) is 1.15. The Morgan fingerprint density at radius 2 is 2.05 bits per heavy atom. The van der Waals surface area contributed by atoms with Crippen LogP contribution in [0.4, 0.5) is 0 Å². The molecular formula is C17H23NO. The van der Waals surface area contributed by atoms with Crippen LogP contribution < -0.4 is 0 Å². The van der Waals surface area contributed by atoms with Gasteiger partial charge in [-0.1, -0.05) is 42.5 Å². The molecule has 2 unspecified atom stereocenters. The lowest BCUT2D eigenvalue weighted by Crippen LogP contribution is -2.45. The predicted molar refractivity (Wildman–Crippen MR) is 78.1 cm³/mol. The third-order valence-electron chi connectivity index (χ3n) is 5.02. The van der Waals surface area contributed by atoms with Crippen LogP contribution in [-0.2, 0) is 0 Å². The van der Waals surface area contributed by atoms with Gasteiger partial charge in [0.1, 0.15) is 0 Å². The van der Waals surface area contributed by atoms with E-state index in [1.165, 1.54) is 24.8 Å². The van der Waals surface area contributed by atoms with E-state index in [1.807, 2.05) is 6.08 Å². The molecule has 3 rings (SSSR count). The van der Waals surface area contributed by atoms with Crippen LogP contribution in [0.2, 0.25) is 0 Å². The lowest BCUT2D eigenvalue weighted by molar-refractivity contribution is 0.123. The number of rotatable bonds is 3. The zero-order chi connectivity index (χ0) is 13.2. The maximum Gasteiger partial charge on any atom is 0.0612 e. The number of hydrogen-bond donors (Lipinski definition) is 1. The van der Waals surface area contributed by atoms with Gasteiger partial charge in [0.2, 0.25) is 0 Å². The summed E-state index contributed by atoms with van der Waals surface area (Å²) in [6.45, 7) is 0.151. The van der Waals surface area contributed by atoms with E-state index in [-0.39, 0.29) is 6.61 Å². The van der Waals surface area contributed by atoms with E-state index in [2.05, 4.69) is 48.4 Å². The number of fused-ring (bicyclic) bond motifs is 2. The smallest absolute Gasteiger partial charge is 0.0612 e. The second-order valence-electron chi connectivity index (χ2n) is 5.90. The Hall–Kier alpha value is -1.12. The quantitative estimate of drug-likeness (QED) is 0.842. The molecule has 0 radical (unpaired) electrons. The Kier molecular flexibility index (Phi) is 3.72. The number of benzene rings is 1. The highest BCUT2D eigenvalue weighted by Gasteiger charge is 2.44. The topological polar surface area (TPSA) is 23.5 Å². The van der Waals surface area contributed by atoms with Gasteiger partial charge in [-0.15, -0.1) is 0 Å². The molecule has 2 bridgehead atoms. The molecule has 1 aromatic carbocycles. The predicted octanol–water partition coefficient (Wildman–Crippen LogP) is 2.80. The molecule has 4 atom stereocenters. The van der Waals surface area contributed by atoms with Gasteiger partial charge in [-0.3, -0.25) is 4.90 Å². The molecule has 2 fully saturated rings. The third kappa shape index (κ3) is 2.35. The average molecular weight is 257 g/mol. The summed E-state index contributed by atoms with van der Waals surface area (Å²) in [6.07, 6.45) is 8.05. The highest BCUT2D eigenvalue weighted by Crippen LogP contribution is 2.46. The van der Waals surface area contributed by atoms with Gasteiger partial charge in [-0.2, -0.15) is 0 Å². The second kappa shape index (κ2) is 5.48. The summed E-state index contributed by atoms with van der Waals surface area (Å²) < 4.78 is 0. The van der Waals surface area contributed by atoms with E-state index >= 15 is 0 Å². The summed E-state index contributed by atoms with van der Waals surface area (Å²) in [5, 5.41) is 9.09. The first-order chi connectivity index (χ1) is 9.31. The van der Waals surface area contributed by atoms with Crippen molar-refractivity contribution in [2.45, 2.75) is 37.3 Å². The highest BCUT2D eigenvalue weighted by atomic mass is 16.2. The Morgan fingerprint density at radius 1 is 1.26 bits per heavy atom. The Morgan fingerprint density at radius 3 is 2.79 bits per heavy atom. The first-order valence-corrected chi connectivity index (χ1v) is 7.35. The largest absolute Gasteiger partial charge is 0.392 e. The Labute approximate surface area is 115 Å². The lowest BCUT2D eigenvalue weighted by Gasteiger charge is -2.42. The SMILES string of the molecule is CN1[C@H]2CC[C@@H]1C(/C=C/CO)C(c1ccccc1)C2. The van der Waals surface area contributed by atoms with Crippen molar-refractivity contribution in [3.05, 3.63) is 48.0 Å². The summed E-state index contributed by atoms with van der Waals surface area (Å²) in [7, 11) is 2.27. The average Bonchev–Trinajstić information content (AvgIpc) is 2.70. The second-order valence-corrected chi connectivity index (χ2v) is 5.90. The molecular weight excluding hydrogens is 234 g/mol. The van der Waals surface area contributed by atoms with E-state index in [0.29, 0.717) is 17.9 Å². The first-order valence-electron chi connectivity index (χ1n) is 7.35. The van der Waals surface area contributed by atoms with Gasteiger partial charge in [-0.05, 0) is 43.7 Å². The van der Waals surface area contributed by atoms with Gasteiger partial charge < -0.3 is 5.11 Å². The number of hydrogen-bond acceptors (Lipinski definition) is 2. The van der Waals surface area contributed by atoms with Crippen molar-refractivity contribution in [1.29, 1.82) is 0 Å². The van der Waals surface area contributed by atoms with Crippen LogP contribution in [0.25, 0.3) is 0 Å². The summed E-state index contributed by atoms with van der Waals surface area (Å²) in [6, 6.07) is 12.3. The molecule has 2 heterocycles. The zero-order valence-electron chi connectivity index (χ0n) is 11.6. The van der Waals surface area contributed by atoms with E-state index < -0.39 is 0 Å². The van der Waals surface area contributed by atoms with E-state index in [4.69, 9.17) is 5.11 Å². The number of aliphatic hydroxyl groups excluding tert-OH is 1. The summed E-state index contributed by atoms with van der Waals surface area (Å²) in [4.78, 5) is 2.56. The molecule has 2 aliphatic heterocycles. The molecule has 0 amide bonds. The molecule has 2 saturated heterocycles. The van der Waals surface area contributed by atoms with Crippen LogP contribution >= 0.6 is 0 Å². The van der Waals surface area contributed by atoms with Crippen molar-refractivity contribution in [3.8, 4) is 0 Å². The van der Waals surface area contributed by atoms with E-state index in [1.54, 1.807) is 0 Å². The van der Waals surface area contributed by atoms with Crippen LogP contribution in [-0.4, -0.2) is 35.7 Å². The fourth-order valence-corrected chi connectivity index (χ4v) is 4.05. The maximum atomic E-state index is 9.09. The molecule has 1 aromatic rings. The van der Waals surface area contributed by atoms with Crippen molar-refractivity contribution >= 4 is 0 Å². The number of aliphatic hydroxyl groups is 1. The molecule has 2 nitrogen and oxygen atoms in total. The molecule has 0 aromatic heterocycles. The van der Waals surface area contributed by atoms with Crippen LogP contribution in [0.15, 0.2) is 42.5 Å². The standard InChI is InChI=1S/C17H23NO/c1-18-14-9-10-17(18)15(8-5-11-19)16(12-14)13-6-3-2-4-7-13/h2-8,14-17,19H,9-12H2,1H3/b8-5+/t14-,15?,16?,17+/m0/s1. The zero-order valence-corrected chi connectivity index (χ0v) is 11.6. The van der Waals surface area contributed by atoms with E-state index in [0.717, 1.165) is 6.04 Å². The Balaban J connectivity index is 1.91. The molecule has 102 valence electrons. The highest BCUT2D eigenvalue weighted by molar-refractivity contribution is 5.25. The molecule has 19 heavy (non-hydrogen) atoms. The minimum Gasteiger partial charge on any atom is -0.392 e. The number of piperidine rings is 1. The van der Waals surface area contributed by atoms with Crippen molar-refractivity contribution in [1.82, 2.24) is 4.90 Å². The van der Waals surface area contributed by atoms with Crippen LogP contribution in [0.1, 0.15) is 30.7 Å². The van der Waals surface area contributed by atoms with Crippen LogP contribution in [0.5, 0.6) is 0 Å². The van der Waals surface area contributed by atoms with Crippen LogP contribution in [0.3, 0.4) is 0 Å². The molecule has 0 spiro atoms. The molecule has 0 saturated carbocycles. The fourth-order valence-electron chi connectivity index (χ4n) is 4.05. The minimum absolute atomic E-state index is 0.151. The van der Waals surface area contributed by atoms with Crippen molar-refractivity contribution < 1.29 is 5.11 Å². The Bertz CT molecular complexity index is 442. The number of nitrogens with zero attached hydrogens (tertiary/aromatic N) is 1. The van der Waals surface area contributed by atoms with Crippen molar-refractivity contribution in [2.75, 3.05) is 13.7 Å². The normalized spacial score (nSPS) is 35.1. The van der Waals surface area contributed by atoms with Gasteiger partial charge in [0.05, 0.1) is 6.61 Å². The monoisotopic (exact) mass is 257 g/mol. The minimum atomic E-state index is 0.151. The lowest BCUT2D eigenvalue weighted by atomic mass is 9.76. The molecule has 0 aliphatic carbocycles. The van der Waals surface area contributed by atoms with Crippen LogP contribution in [0, 0.1) is 5.92 Å². The molecule has 1 N–H and O–H groups in total. The first kappa shape index (κ1) is 12.9. The third-order valence-corrected chi connectivity index (χ3v) is 5.02. The van der Waals surface area contributed by atoms with Crippen molar-refractivity contribution in [3.63, 3.8) is 0 Å². The maximum absolute atomic E-state index is 9.09. The fraction of sp³-hybridized carbons (Fsp3) is 0.529. The molecule has 2 aliphatic rings. The van der Waals surface area contributed by atoms with Gasteiger partial charge in [-0.25, -0.2) is 0 Å².